The lowest BCUT2D eigenvalue weighted by Gasteiger charge is -2.12. The number of alkyl halides is 4. The molecular weight excluding hydrogens is 404 g/mol. The van der Waals surface area contributed by atoms with E-state index in [9.17, 15) is 13.2 Å². The number of pyridine rings is 1. The van der Waals surface area contributed by atoms with Crippen LogP contribution in [-0.4, -0.2) is 28.1 Å². The minimum atomic E-state index is -4.52. The molecule has 136 valence electrons. The largest absolute Gasteiger partial charge is 0.475 e. The first-order valence-corrected chi connectivity index (χ1v) is 8.13. The van der Waals surface area contributed by atoms with E-state index in [0.29, 0.717) is 17.7 Å². The number of ether oxygens (including phenoxy) is 1. The Kier molecular flexibility index (Phi) is 6.53. The number of aromatic nitrogens is 3. The van der Waals surface area contributed by atoms with E-state index in [1.807, 2.05) is 0 Å². The molecule has 0 saturated heterocycles. The van der Waals surface area contributed by atoms with Gasteiger partial charge in [0, 0.05) is 6.20 Å². The lowest BCUT2D eigenvalue weighted by molar-refractivity contribution is -0.137. The molecule has 2 aromatic heterocycles. The number of rotatable bonds is 6. The Morgan fingerprint density at radius 3 is 2.56 bits per heavy atom. The molecule has 0 aliphatic rings. The second-order valence-corrected chi connectivity index (χ2v) is 6.26. The summed E-state index contributed by atoms with van der Waals surface area (Å²) >= 11 is 17.8. The summed E-state index contributed by atoms with van der Waals surface area (Å²) in [7, 11) is 0. The Balaban J connectivity index is 1.93. The van der Waals surface area contributed by atoms with Crippen LogP contribution in [-0.2, 0) is 6.18 Å². The molecule has 1 N–H and O–H groups in total. The third-order valence-corrected chi connectivity index (χ3v) is 3.81. The highest BCUT2D eigenvalue weighted by atomic mass is 35.5. The first kappa shape index (κ1) is 19.8. The lowest BCUT2D eigenvalue weighted by atomic mass is 10.3. The number of hydrogen-bond donors (Lipinski definition) is 1. The average molecular weight is 416 g/mol. The molecule has 25 heavy (non-hydrogen) atoms. The van der Waals surface area contributed by atoms with Crippen LogP contribution in [0.4, 0.5) is 19.0 Å². The van der Waals surface area contributed by atoms with E-state index in [4.69, 9.17) is 39.5 Å². The van der Waals surface area contributed by atoms with Gasteiger partial charge in [-0.15, -0.1) is 11.6 Å². The number of anilines is 1. The van der Waals surface area contributed by atoms with E-state index >= 15 is 0 Å². The first-order chi connectivity index (χ1) is 11.7. The standard InChI is InChI=1S/C14H12Cl3F3N4O/c1-7(15)11-10(17)12(24-6-23-11)21-2-3-25-13-9(16)4-8(5-22-13)14(18,19)20/h4-7H,2-3H2,1H3,(H,21,23,24). The predicted molar refractivity (Wildman–Crippen MR) is 89.5 cm³/mol. The SMILES string of the molecule is CC(Cl)c1ncnc(NCCOc2ncc(C(F)(F)F)cc2Cl)c1Cl. The zero-order valence-corrected chi connectivity index (χ0v) is 15.0. The molecule has 2 heterocycles. The van der Waals surface area contributed by atoms with Gasteiger partial charge in [-0.1, -0.05) is 23.2 Å². The molecule has 2 aromatic rings. The molecule has 0 aromatic carbocycles. The van der Waals surface area contributed by atoms with Crippen LogP contribution in [0.3, 0.4) is 0 Å². The molecule has 0 radical (unpaired) electrons. The molecule has 0 fully saturated rings. The van der Waals surface area contributed by atoms with Crippen molar-refractivity contribution in [1.29, 1.82) is 0 Å². The molecule has 1 unspecified atom stereocenters. The summed E-state index contributed by atoms with van der Waals surface area (Å²) in [5, 5.41) is 2.59. The fourth-order valence-electron chi connectivity index (χ4n) is 1.79. The van der Waals surface area contributed by atoms with Crippen molar-refractivity contribution < 1.29 is 17.9 Å². The Labute approximate surface area is 156 Å². The van der Waals surface area contributed by atoms with Gasteiger partial charge < -0.3 is 10.1 Å². The molecule has 5 nitrogen and oxygen atoms in total. The minimum absolute atomic E-state index is 0.0736. The van der Waals surface area contributed by atoms with Crippen molar-refractivity contribution in [2.45, 2.75) is 18.5 Å². The summed E-state index contributed by atoms with van der Waals surface area (Å²) in [5.74, 6) is 0.273. The van der Waals surface area contributed by atoms with Crippen LogP contribution in [0, 0.1) is 0 Å². The Morgan fingerprint density at radius 1 is 1.24 bits per heavy atom. The second-order valence-electron chi connectivity index (χ2n) is 4.82. The van der Waals surface area contributed by atoms with Gasteiger partial charge in [0.05, 0.1) is 23.2 Å². The minimum Gasteiger partial charge on any atom is -0.475 e. The molecule has 0 aliphatic carbocycles. The van der Waals surface area contributed by atoms with Crippen molar-refractivity contribution in [2.24, 2.45) is 0 Å². The Bertz CT molecular complexity index is 744. The molecule has 0 spiro atoms. The van der Waals surface area contributed by atoms with Crippen LogP contribution >= 0.6 is 34.8 Å². The quantitative estimate of drug-likeness (QED) is 0.532. The van der Waals surface area contributed by atoms with E-state index in [1.165, 1.54) is 6.33 Å². The number of halogens is 6. The van der Waals surface area contributed by atoms with Gasteiger partial charge in [-0.25, -0.2) is 15.0 Å². The molecule has 11 heteroatoms. The van der Waals surface area contributed by atoms with Crippen LogP contribution in [0.15, 0.2) is 18.6 Å². The van der Waals surface area contributed by atoms with Gasteiger partial charge in [-0.05, 0) is 13.0 Å². The highest BCUT2D eigenvalue weighted by Gasteiger charge is 2.31. The van der Waals surface area contributed by atoms with E-state index in [2.05, 4.69) is 20.3 Å². The second kappa shape index (κ2) is 8.25. The maximum atomic E-state index is 12.5. The third kappa shape index (κ3) is 5.23. The Hall–Kier alpha value is -1.51. The van der Waals surface area contributed by atoms with Gasteiger partial charge in [0.25, 0.3) is 0 Å². The molecule has 0 bridgehead atoms. The van der Waals surface area contributed by atoms with E-state index < -0.39 is 11.7 Å². The summed E-state index contributed by atoms with van der Waals surface area (Å²) in [6.07, 6.45) is -2.54. The highest BCUT2D eigenvalue weighted by Crippen LogP contribution is 2.33. The monoisotopic (exact) mass is 414 g/mol. The predicted octanol–water partition coefficient (Wildman–Crippen LogP) is 4.99. The zero-order valence-electron chi connectivity index (χ0n) is 12.7. The maximum Gasteiger partial charge on any atom is 0.417 e. The van der Waals surface area contributed by atoms with E-state index in [0.717, 1.165) is 6.07 Å². The van der Waals surface area contributed by atoms with Crippen LogP contribution < -0.4 is 10.1 Å². The van der Waals surface area contributed by atoms with E-state index in [1.54, 1.807) is 6.92 Å². The summed E-state index contributed by atoms with van der Waals surface area (Å²) in [6.45, 7) is 2.05. The van der Waals surface area contributed by atoms with Crippen LogP contribution in [0.5, 0.6) is 5.88 Å². The fourth-order valence-corrected chi connectivity index (χ4v) is 2.56. The summed E-state index contributed by atoms with van der Waals surface area (Å²) in [6, 6.07) is 0.757. The van der Waals surface area contributed by atoms with Crippen molar-refractivity contribution in [3.05, 3.63) is 39.9 Å². The maximum absolute atomic E-state index is 12.5. The van der Waals surface area contributed by atoms with Crippen molar-refractivity contribution in [2.75, 3.05) is 18.5 Å². The van der Waals surface area contributed by atoms with Gasteiger partial charge in [-0.3, -0.25) is 0 Å². The summed E-state index contributed by atoms with van der Waals surface area (Å²) in [4.78, 5) is 11.5. The fraction of sp³-hybridized carbons (Fsp3) is 0.357. The zero-order chi connectivity index (χ0) is 18.6. The molecule has 2 rings (SSSR count). The molecule has 0 amide bonds. The Morgan fingerprint density at radius 2 is 1.96 bits per heavy atom. The van der Waals surface area contributed by atoms with Gasteiger partial charge >= 0.3 is 6.18 Å². The van der Waals surface area contributed by atoms with Crippen molar-refractivity contribution in [1.82, 2.24) is 15.0 Å². The van der Waals surface area contributed by atoms with Gasteiger partial charge in [0.1, 0.15) is 28.8 Å². The van der Waals surface area contributed by atoms with Gasteiger partial charge in [0.2, 0.25) is 5.88 Å². The van der Waals surface area contributed by atoms with Gasteiger partial charge in [-0.2, -0.15) is 13.2 Å². The number of hydrogen-bond acceptors (Lipinski definition) is 5. The first-order valence-electron chi connectivity index (χ1n) is 6.94. The number of nitrogens with zero attached hydrogens (tertiary/aromatic N) is 3. The molecule has 0 aliphatic heterocycles. The van der Waals surface area contributed by atoms with Crippen LogP contribution in [0.25, 0.3) is 0 Å². The van der Waals surface area contributed by atoms with Crippen LogP contribution in [0.1, 0.15) is 23.6 Å². The molecular formula is C14H12Cl3F3N4O. The molecule has 1 atom stereocenters. The summed E-state index contributed by atoms with van der Waals surface area (Å²) in [5.41, 5.74) is -0.465. The normalized spacial score (nSPS) is 12.8. The van der Waals surface area contributed by atoms with Crippen LogP contribution in [0.2, 0.25) is 10.0 Å². The van der Waals surface area contributed by atoms with E-state index in [-0.39, 0.29) is 34.5 Å². The van der Waals surface area contributed by atoms with Crippen molar-refractivity contribution >= 4 is 40.6 Å². The third-order valence-electron chi connectivity index (χ3n) is 2.96. The lowest BCUT2D eigenvalue weighted by Crippen LogP contribution is -2.14. The van der Waals surface area contributed by atoms with Crippen molar-refractivity contribution in [3.63, 3.8) is 0 Å². The molecule has 0 saturated carbocycles. The average Bonchev–Trinajstić information content (AvgIpc) is 2.52. The number of nitrogens with one attached hydrogen (secondary N) is 1. The smallest absolute Gasteiger partial charge is 0.417 e. The van der Waals surface area contributed by atoms with Crippen molar-refractivity contribution in [3.8, 4) is 5.88 Å². The van der Waals surface area contributed by atoms with Gasteiger partial charge in [0.15, 0.2) is 0 Å². The summed E-state index contributed by atoms with van der Waals surface area (Å²) < 4.78 is 42.9. The topological polar surface area (TPSA) is 59.9 Å². The highest BCUT2D eigenvalue weighted by molar-refractivity contribution is 6.34.